The molecule has 2 bridgehead atoms. The number of hydrogen-bond acceptors (Lipinski definition) is 2. The van der Waals surface area contributed by atoms with Gasteiger partial charge in [-0.15, -0.1) is 0 Å². The van der Waals surface area contributed by atoms with Gasteiger partial charge in [0.2, 0.25) is 11.8 Å². The molecule has 2 aliphatic carbocycles. The van der Waals surface area contributed by atoms with Crippen LogP contribution in [-0.2, 0) is 9.59 Å². The van der Waals surface area contributed by atoms with Crippen LogP contribution in [-0.4, -0.2) is 28.8 Å². The fourth-order valence-electron chi connectivity index (χ4n) is 5.21. The topological polar surface area (TPSA) is 63.4 Å². The van der Waals surface area contributed by atoms with Crippen LogP contribution in [0.3, 0.4) is 0 Å². The molecule has 4 nitrogen and oxygen atoms in total. The first-order chi connectivity index (χ1) is 9.97. The van der Waals surface area contributed by atoms with Crippen LogP contribution in [0.2, 0.25) is 0 Å². The van der Waals surface area contributed by atoms with Crippen molar-refractivity contribution < 1.29 is 9.59 Å². The van der Waals surface area contributed by atoms with Crippen molar-refractivity contribution in [1.82, 2.24) is 4.90 Å². The molecule has 118 valence electrons. The van der Waals surface area contributed by atoms with Crippen LogP contribution >= 0.6 is 0 Å². The molecule has 0 aromatic carbocycles. The zero-order valence-corrected chi connectivity index (χ0v) is 13.3. The summed E-state index contributed by atoms with van der Waals surface area (Å²) in [7, 11) is 0. The maximum atomic E-state index is 12.8. The highest BCUT2D eigenvalue weighted by Gasteiger charge is 2.43. The van der Waals surface area contributed by atoms with Gasteiger partial charge in [0.1, 0.15) is 0 Å². The summed E-state index contributed by atoms with van der Waals surface area (Å²) in [5.41, 5.74) is 5.50. The van der Waals surface area contributed by atoms with E-state index in [0.717, 1.165) is 24.7 Å². The summed E-state index contributed by atoms with van der Waals surface area (Å²) in [5.74, 6) is 2.06. The molecule has 1 aliphatic heterocycles. The lowest BCUT2D eigenvalue weighted by Gasteiger charge is -2.43. The highest BCUT2D eigenvalue weighted by atomic mass is 16.2. The molecule has 2 amide bonds. The normalized spacial score (nSPS) is 42.3. The lowest BCUT2D eigenvalue weighted by atomic mass is 9.83. The van der Waals surface area contributed by atoms with Gasteiger partial charge >= 0.3 is 0 Å². The summed E-state index contributed by atoms with van der Waals surface area (Å²) >= 11 is 0. The van der Waals surface area contributed by atoms with Gasteiger partial charge in [0.25, 0.3) is 0 Å². The number of nitrogens with two attached hydrogens (primary N) is 1. The van der Waals surface area contributed by atoms with Gasteiger partial charge in [-0.05, 0) is 63.7 Å². The van der Waals surface area contributed by atoms with Crippen molar-refractivity contribution in [3.05, 3.63) is 0 Å². The van der Waals surface area contributed by atoms with E-state index < -0.39 is 0 Å². The second-order valence-corrected chi connectivity index (χ2v) is 7.62. The Morgan fingerprint density at radius 1 is 1.10 bits per heavy atom. The Hall–Kier alpha value is -1.06. The first-order valence-corrected chi connectivity index (χ1v) is 8.57. The number of rotatable bonds is 3. The Morgan fingerprint density at radius 2 is 1.86 bits per heavy atom. The molecule has 1 heterocycles. The molecule has 0 spiro atoms. The van der Waals surface area contributed by atoms with Gasteiger partial charge < -0.3 is 10.6 Å². The first kappa shape index (κ1) is 14.9. The van der Waals surface area contributed by atoms with Crippen molar-refractivity contribution in [2.45, 2.75) is 70.9 Å². The van der Waals surface area contributed by atoms with Gasteiger partial charge in [0.15, 0.2) is 0 Å². The molecule has 0 radical (unpaired) electrons. The second-order valence-electron chi connectivity index (χ2n) is 7.62. The lowest BCUT2D eigenvalue weighted by Crippen LogP contribution is -2.54. The zero-order valence-electron chi connectivity index (χ0n) is 13.3. The smallest absolute Gasteiger partial charge is 0.223 e. The van der Waals surface area contributed by atoms with Crippen LogP contribution in [0.4, 0.5) is 0 Å². The fourth-order valence-corrected chi connectivity index (χ4v) is 5.21. The number of carbonyl (C=O) groups is 2. The minimum Gasteiger partial charge on any atom is -0.369 e. The molecule has 0 aromatic heterocycles. The SMILES string of the molecule is CC1CCC(C(N)=O)C(C)N1C(=O)CC1CC2CCC1C2. The van der Waals surface area contributed by atoms with Gasteiger partial charge in [-0.2, -0.15) is 0 Å². The number of likely N-dealkylation sites (tertiary alicyclic amines) is 1. The first-order valence-electron chi connectivity index (χ1n) is 8.57. The molecule has 1 saturated heterocycles. The zero-order chi connectivity index (χ0) is 15.1. The summed E-state index contributed by atoms with van der Waals surface area (Å²) < 4.78 is 0. The number of fused-ring (bicyclic) bond motifs is 2. The van der Waals surface area contributed by atoms with Gasteiger partial charge in [-0.1, -0.05) is 6.42 Å². The average molecular weight is 292 g/mol. The van der Waals surface area contributed by atoms with E-state index in [9.17, 15) is 9.59 Å². The molecule has 6 unspecified atom stereocenters. The number of piperidine rings is 1. The quantitative estimate of drug-likeness (QED) is 0.867. The molecule has 2 saturated carbocycles. The minimum absolute atomic E-state index is 0.0441. The van der Waals surface area contributed by atoms with E-state index in [1.165, 1.54) is 25.7 Å². The molecular formula is C17H28N2O2. The largest absolute Gasteiger partial charge is 0.369 e. The third-order valence-electron chi connectivity index (χ3n) is 6.37. The van der Waals surface area contributed by atoms with Crippen LogP contribution in [0.15, 0.2) is 0 Å². The molecule has 21 heavy (non-hydrogen) atoms. The maximum absolute atomic E-state index is 12.8. The summed E-state index contributed by atoms with van der Waals surface area (Å²) in [5, 5.41) is 0. The van der Waals surface area contributed by atoms with Crippen molar-refractivity contribution in [3.63, 3.8) is 0 Å². The summed E-state index contributed by atoms with van der Waals surface area (Å²) in [6.45, 7) is 4.09. The van der Waals surface area contributed by atoms with Crippen molar-refractivity contribution in [2.24, 2.45) is 29.4 Å². The van der Waals surface area contributed by atoms with Crippen LogP contribution in [0.25, 0.3) is 0 Å². The molecule has 3 aliphatic rings. The lowest BCUT2D eigenvalue weighted by molar-refractivity contribution is -0.143. The third-order valence-corrected chi connectivity index (χ3v) is 6.37. The molecule has 3 rings (SSSR count). The molecule has 6 atom stereocenters. The van der Waals surface area contributed by atoms with E-state index in [-0.39, 0.29) is 29.8 Å². The molecular weight excluding hydrogens is 264 g/mol. The number of nitrogens with zero attached hydrogens (tertiary/aromatic N) is 1. The van der Waals surface area contributed by atoms with Gasteiger partial charge in [-0.25, -0.2) is 0 Å². The monoisotopic (exact) mass is 292 g/mol. The van der Waals surface area contributed by atoms with Gasteiger partial charge in [-0.3, -0.25) is 9.59 Å². The highest BCUT2D eigenvalue weighted by Crippen LogP contribution is 2.49. The van der Waals surface area contributed by atoms with E-state index in [1.807, 2.05) is 11.8 Å². The average Bonchev–Trinajstić information content (AvgIpc) is 3.00. The Morgan fingerprint density at radius 3 is 2.43 bits per heavy atom. The Bertz CT molecular complexity index is 437. The predicted molar refractivity (Wildman–Crippen MR) is 81.2 cm³/mol. The summed E-state index contributed by atoms with van der Waals surface area (Å²) in [6.07, 6.45) is 7.66. The Labute approximate surface area is 127 Å². The van der Waals surface area contributed by atoms with E-state index in [0.29, 0.717) is 12.3 Å². The van der Waals surface area contributed by atoms with E-state index in [4.69, 9.17) is 5.73 Å². The van der Waals surface area contributed by atoms with Crippen molar-refractivity contribution >= 4 is 11.8 Å². The maximum Gasteiger partial charge on any atom is 0.223 e. The van der Waals surface area contributed by atoms with Gasteiger partial charge in [0, 0.05) is 18.5 Å². The van der Waals surface area contributed by atoms with Crippen LogP contribution in [0.1, 0.15) is 58.8 Å². The van der Waals surface area contributed by atoms with E-state index >= 15 is 0 Å². The number of primary amides is 1. The second kappa shape index (κ2) is 5.62. The fraction of sp³-hybridized carbons (Fsp3) is 0.882. The summed E-state index contributed by atoms with van der Waals surface area (Å²) in [4.78, 5) is 26.3. The van der Waals surface area contributed by atoms with Crippen LogP contribution < -0.4 is 5.73 Å². The highest BCUT2D eigenvalue weighted by molar-refractivity contribution is 5.81. The van der Waals surface area contributed by atoms with Crippen molar-refractivity contribution in [1.29, 1.82) is 0 Å². The third kappa shape index (κ3) is 2.69. The molecule has 4 heteroatoms. The summed E-state index contributed by atoms with van der Waals surface area (Å²) in [6, 6.07) is 0.194. The van der Waals surface area contributed by atoms with Crippen molar-refractivity contribution in [3.8, 4) is 0 Å². The van der Waals surface area contributed by atoms with Gasteiger partial charge in [0.05, 0.1) is 5.92 Å². The standard InChI is InChI=1S/C17H28N2O2/c1-10-3-6-15(17(18)21)11(2)19(10)16(20)9-14-8-12-4-5-13(14)7-12/h10-15H,3-9H2,1-2H3,(H2,18,21). The minimum atomic E-state index is -0.257. The number of hydrogen-bond donors (Lipinski definition) is 1. The van der Waals surface area contributed by atoms with Crippen LogP contribution in [0.5, 0.6) is 0 Å². The Balaban J connectivity index is 1.66. The van der Waals surface area contributed by atoms with E-state index in [2.05, 4.69) is 6.92 Å². The molecule has 0 aromatic rings. The predicted octanol–water partition coefficient (Wildman–Crippen LogP) is 2.31. The van der Waals surface area contributed by atoms with E-state index in [1.54, 1.807) is 0 Å². The van der Waals surface area contributed by atoms with Crippen LogP contribution in [0, 0.1) is 23.7 Å². The molecule has 3 fully saturated rings. The number of carbonyl (C=O) groups excluding carboxylic acids is 2. The molecule has 2 N–H and O–H groups in total. The number of amides is 2. The van der Waals surface area contributed by atoms with Crippen molar-refractivity contribution in [2.75, 3.05) is 0 Å². The Kier molecular flexibility index (Phi) is 3.98.